The number of rotatable bonds is 3. The molecule has 2 heterocycles. The minimum atomic E-state index is -0.503. The first-order valence-electron chi connectivity index (χ1n) is 8.25. The van der Waals surface area contributed by atoms with E-state index in [4.69, 9.17) is 5.73 Å². The van der Waals surface area contributed by atoms with Gasteiger partial charge in [0.05, 0.1) is 0 Å². The van der Waals surface area contributed by atoms with Crippen LogP contribution in [0.1, 0.15) is 11.1 Å². The molecule has 128 valence electrons. The van der Waals surface area contributed by atoms with Gasteiger partial charge < -0.3 is 10.9 Å². The van der Waals surface area contributed by atoms with Crippen molar-refractivity contribution in [1.29, 1.82) is 0 Å². The second kappa shape index (κ2) is 6.37. The first-order chi connectivity index (χ1) is 12.6. The Hall–Kier alpha value is -3.60. The quantitative estimate of drug-likeness (QED) is 0.441. The molecule has 0 radical (unpaired) electrons. The topological polar surface area (TPSA) is 81.1 Å². The number of fused-ring (bicyclic) bond motifs is 1. The van der Waals surface area contributed by atoms with Crippen molar-refractivity contribution in [2.24, 2.45) is 0 Å². The van der Waals surface area contributed by atoms with Crippen molar-refractivity contribution in [2.45, 2.75) is 6.42 Å². The largest absolute Gasteiger partial charge is 0.423 e. The summed E-state index contributed by atoms with van der Waals surface area (Å²) in [5, 5.41) is 10.6. The van der Waals surface area contributed by atoms with Gasteiger partial charge in [0.2, 0.25) is 0 Å². The number of nitrogen functional groups attached to an aromatic ring is 1. The van der Waals surface area contributed by atoms with Crippen molar-refractivity contribution in [3.05, 3.63) is 94.4 Å². The third kappa shape index (κ3) is 2.91. The van der Waals surface area contributed by atoms with Crippen LogP contribution in [0.2, 0.25) is 0 Å². The molecular weight excluding hydrogens is 326 g/mol. The predicted octanol–water partition coefficient (Wildman–Crippen LogP) is 3.47. The van der Waals surface area contributed by atoms with Crippen LogP contribution in [0.4, 0.5) is 5.69 Å². The van der Waals surface area contributed by atoms with Gasteiger partial charge in [-0.15, -0.1) is 4.73 Å². The molecule has 4 aromatic rings. The molecule has 0 saturated heterocycles. The number of aromatic nitrogens is 2. The standard InChI is InChI=1S/C21H17N3O2/c22-17-9-5-15(6-10-17)12-14-3-7-16(8-4-14)19-13-20(25)24(26)21-18(19)2-1-11-23-21/h1-11,13,26H,12,22H2. The molecule has 26 heavy (non-hydrogen) atoms. The SMILES string of the molecule is Nc1ccc(Cc2ccc(-c3cc(=O)n(O)c4ncccc34)cc2)cc1. The van der Waals surface area contributed by atoms with Gasteiger partial charge in [0.1, 0.15) is 0 Å². The minimum absolute atomic E-state index is 0.251. The average Bonchev–Trinajstić information content (AvgIpc) is 2.67. The van der Waals surface area contributed by atoms with E-state index in [0.717, 1.165) is 34.2 Å². The van der Waals surface area contributed by atoms with Gasteiger partial charge in [0.15, 0.2) is 5.65 Å². The van der Waals surface area contributed by atoms with E-state index >= 15 is 0 Å². The van der Waals surface area contributed by atoms with E-state index in [1.807, 2.05) is 54.6 Å². The lowest BCUT2D eigenvalue weighted by atomic mass is 9.99. The highest BCUT2D eigenvalue weighted by Gasteiger charge is 2.10. The van der Waals surface area contributed by atoms with Crippen LogP contribution in [0.3, 0.4) is 0 Å². The van der Waals surface area contributed by atoms with Gasteiger partial charge in [-0.25, -0.2) is 4.98 Å². The molecule has 5 nitrogen and oxygen atoms in total. The Morgan fingerprint density at radius 1 is 0.962 bits per heavy atom. The van der Waals surface area contributed by atoms with Crippen molar-refractivity contribution in [2.75, 3.05) is 5.73 Å². The molecule has 5 heteroatoms. The number of hydrogen-bond donors (Lipinski definition) is 2. The summed E-state index contributed by atoms with van der Waals surface area (Å²) in [6, 6.07) is 20.9. The van der Waals surface area contributed by atoms with Crippen molar-refractivity contribution in [3.8, 4) is 11.1 Å². The van der Waals surface area contributed by atoms with E-state index in [1.54, 1.807) is 12.3 Å². The average molecular weight is 343 g/mol. The maximum Gasteiger partial charge on any atom is 0.285 e. The molecule has 2 aromatic heterocycles. The van der Waals surface area contributed by atoms with Crippen LogP contribution < -0.4 is 11.3 Å². The second-order valence-corrected chi connectivity index (χ2v) is 6.20. The Bertz CT molecular complexity index is 1130. The molecule has 0 spiro atoms. The lowest BCUT2D eigenvalue weighted by molar-refractivity contribution is 0.187. The first kappa shape index (κ1) is 15.9. The van der Waals surface area contributed by atoms with Crippen LogP contribution in [-0.2, 0) is 6.42 Å². The zero-order valence-electron chi connectivity index (χ0n) is 14.0. The van der Waals surface area contributed by atoms with Crippen LogP contribution in [0, 0.1) is 0 Å². The normalized spacial score (nSPS) is 10.9. The van der Waals surface area contributed by atoms with E-state index in [1.165, 1.54) is 11.6 Å². The zero-order chi connectivity index (χ0) is 18.1. The van der Waals surface area contributed by atoms with Crippen LogP contribution in [0.5, 0.6) is 0 Å². The van der Waals surface area contributed by atoms with E-state index in [2.05, 4.69) is 4.98 Å². The van der Waals surface area contributed by atoms with Gasteiger partial charge in [-0.2, -0.15) is 0 Å². The van der Waals surface area contributed by atoms with Crippen LogP contribution in [0.15, 0.2) is 77.7 Å². The molecule has 3 N–H and O–H groups in total. The third-order valence-corrected chi connectivity index (χ3v) is 4.41. The summed E-state index contributed by atoms with van der Waals surface area (Å²) >= 11 is 0. The molecule has 0 amide bonds. The summed E-state index contributed by atoms with van der Waals surface area (Å²) in [6.07, 6.45) is 2.36. The Morgan fingerprint density at radius 2 is 1.62 bits per heavy atom. The fourth-order valence-electron chi connectivity index (χ4n) is 3.05. The molecule has 0 unspecified atom stereocenters. The fourth-order valence-corrected chi connectivity index (χ4v) is 3.05. The molecule has 0 atom stereocenters. The molecule has 4 rings (SSSR count). The van der Waals surface area contributed by atoms with Gasteiger partial charge in [0.25, 0.3) is 5.56 Å². The summed E-state index contributed by atoms with van der Waals surface area (Å²) in [4.78, 5) is 16.1. The Kier molecular flexibility index (Phi) is 3.89. The zero-order valence-corrected chi connectivity index (χ0v) is 14.0. The third-order valence-electron chi connectivity index (χ3n) is 4.41. The van der Waals surface area contributed by atoms with Crippen LogP contribution in [0.25, 0.3) is 22.2 Å². The Morgan fingerprint density at radius 3 is 2.31 bits per heavy atom. The number of hydrogen-bond acceptors (Lipinski definition) is 4. The molecule has 0 aliphatic carbocycles. The minimum Gasteiger partial charge on any atom is -0.423 e. The number of benzene rings is 2. The number of pyridine rings is 2. The summed E-state index contributed by atoms with van der Waals surface area (Å²) in [6.45, 7) is 0. The van der Waals surface area contributed by atoms with Gasteiger partial charge in [-0.05, 0) is 52.9 Å². The number of nitrogens with two attached hydrogens (primary N) is 1. The number of anilines is 1. The lowest BCUT2D eigenvalue weighted by Gasteiger charge is -2.09. The number of nitrogens with zero attached hydrogens (tertiary/aromatic N) is 2. The molecular formula is C21H17N3O2. The second-order valence-electron chi connectivity index (χ2n) is 6.20. The Labute approximate surface area is 149 Å². The summed E-state index contributed by atoms with van der Waals surface area (Å²) in [5.41, 5.74) is 10.2. The predicted molar refractivity (Wildman–Crippen MR) is 102 cm³/mol. The Balaban J connectivity index is 1.71. The molecule has 0 bridgehead atoms. The smallest absolute Gasteiger partial charge is 0.285 e. The summed E-state index contributed by atoms with van der Waals surface area (Å²) in [7, 11) is 0. The van der Waals surface area contributed by atoms with Gasteiger partial charge in [-0.3, -0.25) is 4.79 Å². The van der Waals surface area contributed by atoms with E-state index in [9.17, 15) is 10.0 Å². The van der Waals surface area contributed by atoms with E-state index in [0.29, 0.717) is 4.73 Å². The van der Waals surface area contributed by atoms with Gasteiger partial charge in [-0.1, -0.05) is 36.4 Å². The molecule has 0 fully saturated rings. The highest BCUT2D eigenvalue weighted by molar-refractivity contribution is 5.92. The lowest BCUT2D eigenvalue weighted by Crippen LogP contribution is -2.18. The van der Waals surface area contributed by atoms with Crippen molar-refractivity contribution < 1.29 is 5.21 Å². The van der Waals surface area contributed by atoms with E-state index < -0.39 is 5.56 Å². The highest BCUT2D eigenvalue weighted by Crippen LogP contribution is 2.26. The molecule has 2 aromatic carbocycles. The van der Waals surface area contributed by atoms with Gasteiger partial charge >= 0.3 is 0 Å². The van der Waals surface area contributed by atoms with E-state index in [-0.39, 0.29) is 5.65 Å². The van der Waals surface area contributed by atoms with Crippen molar-refractivity contribution >= 4 is 16.7 Å². The molecule has 0 aliphatic heterocycles. The van der Waals surface area contributed by atoms with Crippen molar-refractivity contribution in [1.82, 2.24) is 9.71 Å². The summed E-state index contributed by atoms with van der Waals surface area (Å²) in [5.74, 6) is 0. The van der Waals surface area contributed by atoms with Crippen LogP contribution in [-0.4, -0.2) is 14.9 Å². The fraction of sp³-hybridized carbons (Fsp3) is 0.0476. The summed E-state index contributed by atoms with van der Waals surface area (Å²) < 4.78 is 0.578. The first-order valence-corrected chi connectivity index (χ1v) is 8.25. The van der Waals surface area contributed by atoms with Crippen molar-refractivity contribution in [3.63, 3.8) is 0 Å². The van der Waals surface area contributed by atoms with Gasteiger partial charge in [0, 0.05) is 23.3 Å². The monoisotopic (exact) mass is 343 g/mol. The maximum atomic E-state index is 12.0. The molecule has 0 aliphatic rings. The molecule has 0 saturated carbocycles. The van der Waals surface area contributed by atoms with Crippen LogP contribution >= 0.6 is 0 Å². The maximum absolute atomic E-state index is 12.0. The highest BCUT2D eigenvalue weighted by atomic mass is 16.5.